The van der Waals surface area contributed by atoms with Gasteiger partial charge in [-0.05, 0) is 89.9 Å². The van der Waals surface area contributed by atoms with Crippen molar-refractivity contribution < 1.29 is 28.6 Å². The van der Waals surface area contributed by atoms with Gasteiger partial charge in [0.15, 0.2) is 6.10 Å². The highest BCUT2D eigenvalue weighted by atomic mass is 16.6. The number of rotatable bonds is 51. The van der Waals surface area contributed by atoms with Crippen molar-refractivity contribution in [1.29, 1.82) is 0 Å². The van der Waals surface area contributed by atoms with Crippen molar-refractivity contribution in [2.24, 2.45) is 0 Å². The van der Waals surface area contributed by atoms with E-state index >= 15 is 0 Å². The second-order valence-electron chi connectivity index (χ2n) is 18.9. The Kier molecular flexibility index (Phi) is 53.4. The maximum absolute atomic E-state index is 12.8. The van der Waals surface area contributed by atoms with Crippen LogP contribution in [0.1, 0.15) is 271 Å². The second-order valence-corrected chi connectivity index (χ2v) is 18.9. The van der Waals surface area contributed by atoms with E-state index in [0.29, 0.717) is 19.3 Å². The fourth-order valence-electron chi connectivity index (χ4n) is 7.87. The number of unbranched alkanes of at least 4 members (excludes halogenated alkanes) is 27. The van der Waals surface area contributed by atoms with E-state index < -0.39 is 6.10 Å². The Morgan fingerprint density at radius 3 is 1.00 bits per heavy atom. The molecule has 1 atom stereocenters. The summed E-state index contributed by atoms with van der Waals surface area (Å²) in [7, 11) is 0. The molecule has 0 amide bonds. The molecule has 0 rings (SSSR count). The van der Waals surface area contributed by atoms with Gasteiger partial charge in [0, 0.05) is 19.3 Å². The normalized spacial score (nSPS) is 12.7. The second kappa shape index (κ2) is 56.2. The van der Waals surface area contributed by atoms with Gasteiger partial charge in [-0.15, -0.1) is 0 Å². The molecule has 6 heteroatoms. The van der Waals surface area contributed by atoms with Crippen LogP contribution in [0.3, 0.4) is 0 Å². The largest absolute Gasteiger partial charge is 0.462 e. The summed E-state index contributed by atoms with van der Waals surface area (Å²) in [5.74, 6) is -0.934. The van der Waals surface area contributed by atoms with Gasteiger partial charge in [-0.3, -0.25) is 14.4 Å². The molecule has 0 aliphatic rings. The van der Waals surface area contributed by atoms with E-state index in [0.717, 1.165) is 116 Å². The number of carbonyl (C=O) groups is 3. The monoisotopic (exact) mass is 947 g/mol. The SMILES string of the molecule is CC/C=C\C/C=C\C/C=C\C/C=C\C/C=C\CCCCCC(=O)OCC(COC(=O)CCCCCCCCCCCCCCC)OC(=O)CCCCCCC/C=C\C=C/CCCCCCCCC. The van der Waals surface area contributed by atoms with Crippen LogP contribution in [-0.2, 0) is 28.6 Å². The van der Waals surface area contributed by atoms with Crippen molar-refractivity contribution in [3.05, 3.63) is 85.1 Å². The van der Waals surface area contributed by atoms with E-state index in [4.69, 9.17) is 14.2 Å². The van der Waals surface area contributed by atoms with E-state index in [2.05, 4.69) is 106 Å². The van der Waals surface area contributed by atoms with Gasteiger partial charge in [0.05, 0.1) is 0 Å². The van der Waals surface area contributed by atoms with E-state index in [1.807, 2.05) is 0 Å². The molecule has 0 aliphatic carbocycles. The fraction of sp³-hybridized carbons (Fsp3) is 0.726. The molecule has 0 radical (unpaired) electrons. The van der Waals surface area contributed by atoms with Crippen LogP contribution in [0.5, 0.6) is 0 Å². The van der Waals surface area contributed by atoms with E-state index in [9.17, 15) is 14.4 Å². The maximum atomic E-state index is 12.8. The third-order valence-electron chi connectivity index (χ3n) is 12.2. The maximum Gasteiger partial charge on any atom is 0.306 e. The first-order valence-electron chi connectivity index (χ1n) is 28.6. The molecule has 390 valence electrons. The van der Waals surface area contributed by atoms with Crippen molar-refractivity contribution in [2.45, 2.75) is 277 Å². The summed E-state index contributed by atoms with van der Waals surface area (Å²) in [6, 6.07) is 0. The molecular formula is C62H106O6. The lowest BCUT2D eigenvalue weighted by molar-refractivity contribution is -0.167. The van der Waals surface area contributed by atoms with Crippen LogP contribution in [0.25, 0.3) is 0 Å². The van der Waals surface area contributed by atoms with Crippen molar-refractivity contribution in [2.75, 3.05) is 13.2 Å². The molecular weight excluding hydrogens is 841 g/mol. The first-order chi connectivity index (χ1) is 33.5. The van der Waals surface area contributed by atoms with Crippen LogP contribution in [0.15, 0.2) is 85.1 Å². The van der Waals surface area contributed by atoms with Crippen molar-refractivity contribution in [1.82, 2.24) is 0 Å². The summed E-state index contributed by atoms with van der Waals surface area (Å²) < 4.78 is 16.8. The number of esters is 3. The zero-order chi connectivity index (χ0) is 49.3. The molecule has 68 heavy (non-hydrogen) atoms. The quantitative estimate of drug-likeness (QED) is 0.0199. The number of hydrogen-bond acceptors (Lipinski definition) is 6. The molecule has 0 aromatic rings. The van der Waals surface area contributed by atoms with Crippen LogP contribution < -0.4 is 0 Å². The van der Waals surface area contributed by atoms with Gasteiger partial charge in [-0.1, -0.05) is 247 Å². The lowest BCUT2D eigenvalue weighted by atomic mass is 10.0. The van der Waals surface area contributed by atoms with Crippen molar-refractivity contribution in [3.8, 4) is 0 Å². The third kappa shape index (κ3) is 53.5. The molecule has 0 aliphatic heterocycles. The van der Waals surface area contributed by atoms with Gasteiger partial charge in [0.1, 0.15) is 13.2 Å². The molecule has 0 saturated carbocycles. The van der Waals surface area contributed by atoms with Gasteiger partial charge in [0.2, 0.25) is 0 Å². The van der Waals surface area contributed by atoms with Crippen LogP contribution in [0, 0.1) is 0 Å². The van der Waals surface area contributed by atoms with Crippen molar-refractivity contribution >= 4 is 17.9 Å². The molecule has 1 unspecified atom stereocenters. The predicted octanol–water partition coefficient (Wildman–Crippen LogP) is 19.2. The molecule has 0 bridgehead atoms. The van der Waals surface area contributed by atoms with E-state index in [1.165, 1.54) is 116 Å². The lowest BCUT2D eigenvalue weighted by Crippen LogP contribution is -2.30. The Hall–Kier alpha value is -3.41. The Bertz CT molecular complexity index is 1320. The number of allylic oxidation sites excluding steroid dienone is 14. The predicted molar refractivity (Wildman–Crippen MR) is 293 cm³/mol. The first kappa shape index (κ1) is 64.6. The molecule has 0 spiro atoms. The number of ether oxygens (including phenoxy) is 3. The fourth-order valence-corrected chi connectivity index (χ4v) is 7.87. The smallest absolute Gasteiger partial charge is 0.306 e. The summed E-state index contributed by atoms with van der Waals surface area (Å²) >= 11 is 0. The number of carbonyl (C=O) groups excluding carboxylic acids is 3. The Balaban J connectivity index is 4.46. The topological polar surface area (TPSA) is 78.9 Å². The van der Waals surface area contributed by atoms with E-state index in [-0.39, 0.29) is 31.1 Å². The van der Waals surface area contributed by atoms with Gasteiger partial charge in [-0.25, -0.2) is 0 Å². The van der Waals surface area contributed by atoms with Crippen LogP contribution in [0.2, 0.25) is 0 Å². The Morgan fingerprint density at radius 2 is 0.618 bits per heavy atom. The molecule has 0 heterocycles. The average molecular weight is 948 g/mol. The molecule has 0 aromatic heterocycles. The highest BCUT2D eigenvalue weighted by Crippen LogP contribution is 2.15. The number of hydrogen-bond donors (Lipinski definition) is 0. The van der Waals surface area contributed by atoms with Crippen molar-refractivity contribution in [3.63, 3.8) is 0 Å². The summed E-state index contributed by atoms with van der Waals surface area (Å²) in [6.07, 6.45) is 72.8. The Morgan fingerprint density at radius 1 is 0.324 bits per heavy atom. The summed E-state index contributed by atoms with van der Waals surface area (Å²) in [5.41, 5.74) is 0. The highest BCUT2D eigenvalue weighted by molar-refractivity contribution is 5.71. The van der Waals surface area contributed by atoms with E-state index in [1.54, 1.807) is 0 Å². The average Bonchev–Trinajstić information content (AvgIpc) is 3.34. The minimum absolute atomic E-state index is 0.0919. The zero-order valence-corrected chi connectivity index (χ0v) is 44.6. The standard InChI is InChI=1S/C62H106O6/c1-4-7-10-13-16-19-22-25-27-29-31-33-34-37-40-43-46-49-52-55-61(64)67-58-59(57-66-60(63)54-51-48-45-42-39-36-24-21-18-15-12-9-6-3)68-62(65)56-53-50-47-44-41-38-35-32-30-28-26-23-20-17-14-11-8-5-2/h7,10,16,19,25,27-28,30-33,35,37,40,59H,4-6,8-9,11-15,17-18,20-24,26,29,34,36,38-39,41-58H2,1-3H3/b10-7-,19-16-,27-25-,30-28-,33-31-,35-32-,40-37-. The molecule has 0 fully saturated rings. The minimum atomic E-state index is -0.797. The highest BCUT2D eigenvalue weighted by Gasteiger charge is 2.19. The van der Waals surface area contributed by atoms with Gasteiger partial charge in [-0.2, -0.15) is 0 Å². The molecule has 0 aromatic carbocycles. The summed E-state index contributed by atoms with van der Waals surface area (Å²) in [4.78, 5) is 38.1. The van der Waals surface area contributed by atoms with Gasteiger partial charge >= 0.3 is 17.9 Å². The minimum Gasteiger partial charge on any atom is -0.462 e. The third-order valence-corrected chi connectivity index (χ3v) is 12.2. The zero-order valence-electron chi connectivity index (χ0n) is 44.6. The molecule has 6 nitrogen and oxygen atoms in total. The molecule has 0 saturated heterocycles. The summed E-state index contributed by atoms with van der Waals surface area (Å²) in [6.45, 7) is 6.49. The molecule has 0 N–H and O–H groups in total. The van der Waals surface area contributed by atoms with Gasteiger partial charge in [0.25, 0.3) is 0 Å². The summed E-state index contributed by atoms with van der Waals surface area (Å²) in [5, 5.41) is 0. The van der Waals surface area contributed by atoms with Crippen LogP contribution in [-0.4, -0.2) is 37.2 Å². The van der Waals surface area contributed by atoms with Crippen LogP contribution >= 0.6 is 0 Å². The Labute approximate surface area is 420 Å². The van der Waals surface area contributed by atoms with Gasteiger partial charge < -0.3 is 14.2 Å². The van der Waals surface area contributed by atoms with Crippen LogP contribution in [0.4, 0.5) is 0 Å². The first-order valence-corrected chi connectivity index (χ1v) is 28.6. The lowest BCUT2D eigenvalue weighted by Gasteiger charge is -2.18.